The van der Waals surface area contributed by atoms with E-state index in [-0.39, 0.29) is 30.9 Å². The van der Waals surface area contributed by atoms with E-state index in [9.17, 15) is 9.59 Å². The second kappa shape index (κ2) is 9.53. The zero-order valence-electron chi connectivity index (χ0n) is 16.3. The first-order valence-electron chi connectivity index (χ1n) is 8.96. The Morgan fingerprint density at radius 3 is 2.48 bits per heavy atom. The minimum absolute atomic E-state index is 0.0232. The molecule has 0 aliphatic carbocycles. The first-order valence-corrected chi connectivity index (χ1v) is 9.34. The van der Waals surface area contributed by atoms with Gasteiger partial charge in [0.1, 0.15) is 6.04 Å². The maximum atomic E-state index is 12.3. The Balaban J connectivity index is 1.83. The van der Waals surface area contributed by atoms with E-state index in [0.29, 0.717) is 5.02 Å². The maximum absolute atomic E-state index is 12.3. The number of nitrogens with two attached hydrogens (primary N) is 1. The topological polar surface area (TPSA) is 66.0 Å². The molecule has 2 amide bonds. The third-order valence-electron chi connectivity index (χ3n) is 4.52. The summed E-state index contributed by atoms with van der Waals surface area (Å²) in [6, 6.07) is 13.6. The lowest BCUT2D eigenvalue weighted by Gasteiger charge is -2.18. The van der Waals surface area contributed by atoms with Gasteiger partial charge in [-0.3, -0.25) is 9.59 Å². The second-order valence-corrected chi connectivity index (χ2v) is 7.33. The SMILES string of the molecule is Cc1ccc(C)c(NC(=O)CN(C)C(=O)C[NH2+][C@@H](C)c2ccc(Cl)cc2)c1. The van der Waals surface area contributed by atoms with Gasteiger partial charge in [0.15, 0.2) is 6.54 Å². The van der Waals surface area contributed by atoms with Gasteiger partial charge in [-0.25, -0.2) is 0 Å². The van der Waals surface area contributed by atoms with Crippen LogP contribution in [0.4, 0.5) is 5.69 Å². The first kappa shape index (κ1) is 20.9. The first-order chi connectivity index (χ1) is 12.8. The molecule has 0 spiro atoms. The average Bonchev–Trinajstić information content (AvgIpc) is 2.62. The summed E-state index contributed by atoms with van der Waals surface area (Å²) in [5.41, 5.74) is 3.95. The van der Waals surface area contributed by atoms with Gasteiger partial charge in [0.2, 0.25) is 5.91 Å². The highest BCUT2D eigenvalue weighted by Gasteiger charge is 2.17. The van der Waals surface area contributed by atoms with E-state index in [2.05, 4.69) is 5.32 Å². The molecule has 0 aliphatic rings. The molecule has 0 saturated heterocycles. The van der Waals surface area contributed by atoms with Crippen LogP contribution in [0.1, 0.15) is 29.7 Å². The molecule has 3 N–H and O–H groups in total. The molecule has 0 unspecified atom stereocenters. The van der Waals surface area contributed by atoms with E-state index in [4.69, 9.17) is 11.6 Å². The molecule has 0 aromatic heterocycles. The summed E-state index contributed by atoms with van der Waals surface area (Å²) in [5.74, 6) is -0.294. The predicted molar refractivity (Wildman–Crippen MR) is 109 cm³/mol. The fraction of sp³-hybridized carbons (Fsp3) is 0.333. The fourth-order valence-electron chi connectivity index (χ4n) is 2.70. The van der Waals surface area contributed by atoms with E-state index < -0.39 is 0 Å². The van der Waals surface area contributed by atoms with Crippen molar-refractivity contribution >= 4 is 29.1 Å². The summed E-state index contributed by atoms with van der Waals surface area (Å²) in [6.45, 7) is 6.25. The van der Waals surface area contributed by atoms with Crippen LogP contribution in [0.5, 0.6) is 0 Å². The summed E-state index contributed by atoms with van der Waals surface area (Å²) in [6.07, 6.45) is 0. The summed E-state index contributed by atoms with van der Waals surface area (Å²) >= 11 is 5.90. The summed E-state index contributed by atoms with van der Waals surface area (Å²) in [4.78, 5) is 26.0. The van der Waals surface area contributed by atoms with Gasteiger partial charge in [-0.15, -0.1) is 0 Å². The number of benzene rings is 2. The number of nitrogens with one attached hydrogen (secondary N) is 1. The molecule has 1 atom stereocenters. The van der Waals surface area contributed by atoms with Crippen molar-refractivity contribution in [3.8, 4) is 0 Å². The molecule has 2 aromatic carbocycles. The normalized spacial score (nSPS) is 11.7. The zero-order valence-corrected chi connectivity index (χ0v) is 17.0. The Morgan fingerprint density at radius 1 is 1.15 bits per heavy atom. The Labute approximate surface area is 165 Å². The van der Waals surface area contributed by atoms with E-state index in [1.54, 1.807) is 7.05 Å². The van der Waals surface area contributed by atoms with Gasteiger partial charge in [-0.2, -0.15) is 0 Å². The summed E-state index contributed by atoms with van der Waals surface area (Å²) in [7, 11) is 1.64. The number of halogens is 1. The standard InChI is InChI=1S/C21H26ClN3O2/c1-14-5-6-15(2)19(11-14)24-20(26)13-25(4)21(27)12-23-16(3)17-7-9-18(22)10-8-17/h5-11,16,23H,12-13H2,1-4H3,(H,24,26)/p+1/t16-/m0/s1. The van der Waals surface area contributed by atoms with Crippen molar-refractivity contribution in [2.75, 3.05) is 25.5 Å². The molecular weight excluding hydrogens is 362 g/mol. The van der Waals surface area contributed by atoms with Gasteiger partial charge in [0.25, 0.3) is 5.91 Å². The number of aryl methyl sites for hydroxylation is 2. The molecular formula is C21H27ClN3O2+. The van der Waals surface area contributed by atoms with Gasteiger partial charge in [0.05, 0.1) is 6.54 Å². The van der Waals surface area contributed by atoms with E-state index in [0.717, 1.165) is 22.4 Å². The van der Waals surface area contributed by atoms with Gasteiger partial charge in [-0.1, -0.05) is 35.9 Å². The van der Waals surface area contributed by atoms with Crippen LogP contribution in [0.2, 0.25) is 5.02 Å². The number of hydrogen-bond acceptors (Lipinski definition) is 2. The highest BCUT2D eigenvalue weighted by Crippen LogP contribution is 2.16. The van der Waals surface area contributed by atoms with E-state index in [1.807, 2.05) is 68.6 Å². The van der Waals surface area contributed by atoms with Crippen molar-refractivity contribution < 1.29 is 14.9 Å². The second-order valence-electron chi connectivity index (χ2n) is 6.90. The molecule has 144 valence electrons. The minimum Gasteiger partial charge on any atom is -0.333 e. The Bertz CT molecular complexity index is 806. The Morgan fingerprint density at radius 2 is 1.81 bits per heavy atom. The number of nitrogens with zero attached hydrogens (tertiary/aromatic N) is 1. The molecule has 0 fully saturated rings. The lowest BCUT2D eigenvalue weighted by Crippen LogP contribution is -2.87. The number of hydrogen-bond donors (Lipinski definition) is 2. The number of carbonyl (C=O) groups excluding carboxylic acids is 2. The third-order valence-corrected chi connectivity index (χ3v) is 4.77. The molecule has 0 radical (unpaired) electrons. The highest BCUT2D eigenvalue weighted by molar-refractivity contribution is 6.30. The van der Waals surface area contributed by atoms with Crippen LogP contribution in [0, 0.1) is 13.8 Å². The quantitative estimate of drug-likeness (QED) is 0.765. The smallest absolute Gasteiger partial charge is 0.277 e. The average molecular weight is 389 g/mol. The van der Waals surface area contributed by atoms with Crippen molar-refractivity contribution in [2.24, 2.45) is 0 Å². The number of likely N-dealkylation sites (N-methyl/N-ethyl adjacent to an activating group) is 1. The molecule has 0 saturated carbocycles. The van der Waals surface area contributed by atoms with Crippen LogP contribution in [-0.2, 0) is 9.59 Å². The molecule has 2 rings (SSSR count). The molecule has 27 heavy (non-hydrogen) atoms. The van der Waals surface area contributed by atoms with E-state index in [1.165, 1.54) is 4.90 Å². The van der Waals surface area contributed by atoms with Crippen molar-refractivity contribution in [1.29, 1.82) is 0 Å². The third kappa shape index (κ3) is 6.38. The summed E-state index contributed by atoms with van der Waals surface area (Å²) < 4.78 is 0. The van der Waals surface area contributed by atoms with Gasteiger partial charge in [-0.05, 0) is 50.1 Å². The number of quaternary nitrogens is 1. The number of amides is 2. The largest absolute Gasteiger partial charge is 0.333 e. The van der Waals surface area contributed by atoms with Crippen LogP contribution in [-0.4, -0.2) is 36.9 Å². The minimum atomic E-state index is -0.203. The number of anilines is 1. The Hall–Kier alpha value is -2.37. The molecule has 0 aliphatic heterocycles. The van der Waals surface area contributed by atoms with E-state index >= 15 is 0 Å². The monoisotopic (exact) mass is 388 g/mol. The lowest BCUT2D eigenvalue weighted by molar-refractivity contribution is -0.683. The van der Waals surface area contributed by atoms with Crippen molar-refractivity contribution in [1.82, 2.24) is 4.90 Å². The van der Waals surface area contributed by atoms with Crippen molar-refractivity contribution in [2.45, 2.75) is 26.8 Å². The van der Waals surface area contributed by atoms with Crippen LogP contribution in [0.25, 0.3) is 0 Å². The fourth-order valence-corrected chi connectivity index (χ4v) is 2.83. The molecule has 6 heteroatoms. The van der Waals surface area contributed by atoms with Gasteiger partial charge < -0.3 is 15.5 Å². The van der Waals surface area contributed by atoms with Crippen LogP contribution in [0.15, 0.2) is 42.5 Å². The molecule has 0 heterocycles. The predicted octanol–water partition coefficient (Wildman–Crippen LogP) is 2.68. The van der Waals surface area contributed by atoms with Gasteiger partial charge in [0, 0.05) is 23.3 Å². The number of carbonyl (C=O) groups is 2. The van der Waals surface area contributed by atoms with Crippen LogP contribution < -0.4 is 10.6 Å². The summed E-state index contributed by atoms with van der Waals surface area (Å²) in [5, 5.41) is 5.52. The zero-order chi connectivity index (χ0) is 20.0. The highest BCUT2D eigenvalue weighted by atomic mass is 35.5. The molecule has 5 nitrogen and oxygen atoms in total. The lowest BCUT2D eigenvalue weighted by atomic mass is 10.1. The van der Waals surface area contributed by atoms with Crippen LogP contribution in [0.3, 0.4) is 0 Å². The molecule has 2 aromatic rings. The molecule has 0 bridgehead atoms. The van der Waals surface area contributed by atoms with Crippen molar-refractivity contribution in [3.63, 3.8) is 0 Å². The maximum Gasteiger partial charge on any atom is 0.277 e. The van der Waals surface area contributed by atoms with Gasteiger partial charge >= 0.3 is 0 Å². The van der Waals surface area contributed by atoms with Crippen LogP contribution >= 0.6 is 11.6 Å². The Kier molecular flexibility index (Phi) is 7.39. The van der Waals surface area contributed by atoms with Crippen molar-refractivity contribution in [3.05, 3.63) is 64.2 Å². The number of rotatable bonds is 7.